The molecule has 0 aromatic heterocycles. The zero-order chi connectivity index (χ0) is 15.7. The van der Waals surface area contributed by atoms with E-state index in [1.807, 2.05) is 12.1 Å². The zero-order valence-corrected chi connectivity index (χ0v) is 13.4. The first-order valence-electron chi connectivity index (χ1n) is 7.55. The highest BCUT2D eigenvalue weighted by molar-refractivity contribution is 5.64. The van der Waals surface area contributed by atoms with Crippen molar-refractivity contribution in [2.45, 2.75) is 12.6 Å². The highest BCUT2D eigenvalue weighted by Crippen LogP contribution is 2.41. The van der Waals surface area contributed by atoms with Crippen LogP contribution in [0.5, 0.6) is 5.75 Å². The van der Waals surface area contributed by atoms with Crippen LogP contribution in [0.4, 0.5) is 11.4 Å². The summed E-state index contributed by atoms with van der Waals surface area (Å²) in [4.78, 5) is 4.54. The molecule has 0 amide bonds. The number of rotatable bonds is 4. The fourth-order valence-electron chi connectivity index (χ4n) is 3.24. The first-order valence-corrected chi connectivity index (χ1v) is 7.55. The summed E-state index contributed by atoms with van der Waals surface area (Å²) in [5.41, 5.74) is 11.2. The summed E-state index contributed by atoms with van der Waals surface area (Å²) in [6.07, 6.45) is 0. The van der Waals surface area contributed by atoms with Gasteiger partial charge in [0.25, 0.3) is 0 Å². The van der Waals surface area contributed by atoms with Crippen LogP contribution in [0.1, 0.15) is 17.2 Å². The minimum absolute atomic E-state index is 0.225. The fraction of sp³-hybridized carbons (Fsp3) is 0.333. The molecule has 0 bridgehead atoms. The maximum atomic E-state index is 6.08. The summed E-state index contributed by atoms with van der Waals surface area (Å²) >= 11 is 0. The van der Waals surface area contributed by atoms with Gasteiger partial charge in [-0.25, -0.2) is 0 Å². The average Bonchev–Trinajstić information content (AvgIpc) is 2.93. The van der Waals surface area contributed by atoms with Gasteiger partial charge < -0.3 is 20.3 Å². The Labute approximate surface area is 132 Å². The van der Waals surface area contributed by atoms with Gasteiger partial charge in [-0.2, -0.15) is 0 Å². The van der Waals surface area contributed by atoms with Gasteiger partial charge in [-0.3, -0.25) is 0 Å². The Morgan fingerprint density at radius 3 is 2.50 bits per heavy atom. The van der Waals surface area contributed by atoms with Crippen LogP contribution in [0.3, 0.4) is 0 Å². The lowest BCUT2D eigenvalue weighted by molar-refractivity contribution is 0.415. The summed E-state index contributed by atoms with van der Waals surface area (Å²) in [5, 5.41) is 0. The predicted molar refractivity (Wildman–Crippen MR) is 91.7 cm³/mol. The molecule has 3 rings (SSSR count). The second kappa shape index (κ2) is 5.89. The predicted octanol–water partition coefficient (Wildman–Crippen LogP) is 2.78. The SMILES string of the molecule is COc1ccc(N2Cc3c(cccc3N(C)C)C2CN)cc1. The molecule has 0 aliphatic carbocycles. The second-order valence-corrected chi connectivity index (χ2v) is 5.82. The molecule has 1 aliphatic heterocycles. The molecule has 1 unspecified atom stereocenters. The van der Waals surface area contributed by atoms with E-state index < -0.39 is 0 Å². The Morgan fingerprint density at radius 1 is 1.18 bits per heavy atom. The molecule has 4 heteroatoms. The second-order valence-electron chi connectivity index (χ2n) is 5.82. The molecule has 0 radical (unpaired) electrons. The van der Waals surface area contributed by atoms with Crippen molar-refractivity contribution in [1.82, 2.24) is 0 Å². The number of methoxy groups -OCH3 is 1. The number of benzene rings is 2. The van der Waals surface area contributed by atoms with Crippen LogP contribution in [-0.4, -0.2) is 27.7 Å². The first-order chi connectivity index (χ1) is 10.7. The lowest BCUT2D eigenvalue weighted by atomic mass is 10.0. The van der Waals surface area contributed by atoms with Gasteiger partial charge in [0.05, 0.1) is 13.2 Å². The Morgan fingerprint density at radius 2 is 1.91 bits per heavy atom. The van der Waals surface area contributed by atoms with E-state index in [-0.39, 0.29) is 6.04 Å². The number of nitrogens with two attached hydrogens (primary N) is 1. The molecule has 0 spiro atoms. The molecule has 2 N–H and O–H groups in total. The van der Waals surface area contributed by atoms with Crippen LogP contribution in [0.2, 0.25) is 0 Å². The quantitative estimate of drug-likeness (QED) is 0.942. The summed E-state index contributed by atoms with van der Waals surface area (Å²) in [6, 6.07) is 14.9. The summed E-state index contributed by atoms with van der Waals surface area (Å²) in [6.45, 7) is 1.49. The van der Waals surface area contributed by atoms with Crippen LogP contribution < -0.4 is 20.3 Å². The zero-order valence-electron chi connectivity index (χ0n) is 13.4. The van der Waals surface area contributed by atoms with E-state index in [0.717, 1.165) is 12.3 Å². The van der Waals surface area contributed by atoms with E-state index in [4.69, 9.17) is 10.5 Å². The monoisotopic (exact) mass is 297 g/mol. The average molecular weight is 297 g/mol. The van der Waals surface area contributed by atoms with Crippen molar-refractivity contribution in [3.8, 4) is 5.75 Å². The molecule has 1 heterocycles. The fourth-order valence-corrected chi connectivity index (χ4v) is 3.24. The van der Waals surface area contributed by atoms with Crippen LogP contribution in [0.25, 0.3) is 0 Å². The summed E-state index contributed by atoms with van der Waals surface area (Å²) in [7, 11) is 5.86. The molecule has 4 nitrogen and oxygen atoms in total. The maximum absolute atomic E-state index is 6.08. The third-order valence-corrected chi connectivity index (χ3v) is 4.36. The number of hydrogen-bond donors (Lipinski definition) is 1. The third-order valence-electron chi connectivity index (χ3n) is 4.36. The number of anilines is 2. The smallest absolute Gasteiger partial charge is 0.119 e. The van der Waals surface area contributed by atoms with Crippen molar-refractivity contribution in [2.24, 2.45) is 5.73 Å². The van der Waals surface area contributed by atoms with Crippen molar-refractivity contribution in [1.29, 1.82) is 0 Å². The molecular formula is C18H23N3O. The molecule has 1 aliphatic rings. The third kappa shape index (κ3) is 2.40. The lowest BCUT2D eigenvalue weighted by Crippen LogP contribution is -2.27. The van der Waals surface area contributed by atoms with E-state index in [1.165, 1.54) is 22.5 Å². The molecule has 2 aromatic carbocycles. The molecule has 0 saturated heterocycles. The van der Waals surface area contributed by atoms with Crippen LogP contribution >= 0.6 is 0 Å². The van der Waals surface area contributed by atoms with Gasteiger partial charge in [0.2, 0.25) is 0 Å². The number of fused-ring (bicyclic) bond motifs is 1. The van der Waals surface area contributed by atoms with Gasteiger partial charge in [-0.05, 0) is 35.9 Å². The highest BCUT2D eigenvalue weighted by atomic mass is 16.5. The molecule has 1 atom stereocenters. The van der Waals surface area contributed by atoms with Crippen LogP contribution in [0.15, 0.2) is 42.5 Å². The van der Waals surface area contributed by atoms with E-state index in [0.29, 0.717) is 6.54 Å². The van der Waals surface area contributed by atoms with Crippen molar-refractivity contribution in [3.63, 3.8) is 0 Å². The van der Waals surface area contributed by atoms with Gasteiger partial charge in [0.1, 0.15) is 5.75 Å². The van der Waals surface area contributed by atoms with E-state index in [1.54, 1.807) is 7.11 Å². The number of hydrogen-bond acceptors (Lipinski definition) is 4. The molecule has 22 heavy (non-hydrogen) atoms. The maximum Gasteiger partial charge on any atom is 0.119 e. The Hall–Kier alpha value is -2.20. The summed E-state index contributed by atoms with van der Waals surface area (Å²) in [5.74, 6) is 0.874. The van der Waals surface area contributed by atoms with Gasteiger partial charge in [0.15, 0.2) is 0 Å². The van der Waals surface area contributed by atoms with E-state index in [2.05, 4.69) is 54.2 Å². The van der Waals surface area contributed by atoms with E-state index >= 15 is 0 Å². The molecule has 0 saturated carbocycles. The van der Waals surface area contributed by atoms with Gasteiger partial charge in [-0.15, -0.1) is 0 Å². The van der Waals surface area contributed by atoms with Crippen LogP contribution in [0, 0.1) is 0 Å². The summed E-state index contributed by atoms with van der Waals surface area (Å²) < 4.78 is 5.25. The van der Waals surface area contributed by atoms with Crippen molar-refractivity contribution in [3.05, 3.63) is 53.6 Å². The number of ether oxygens (including phenoxy) is 1. The van der Waals surface area contributed by atoms with E-state index in [9.17, 15) is 0 Å². The molecular weight excluding hydrogens is 274 g/mol. The van der Waals surface area contributed by atoms with Crippen molar-refractivity contribution in [2.75, 3.05) is 37.5 Å². The highest BCUT2D eigenvalue weighted by Gasteiger charge is 2.31. The lowest BCUT2D eigenvalue weighted by Gasteiger charge is -2.26. The molecule has 2 aromatic rings. The van der Waals surface area contributed by atoms with Gasteiger partial charge in [0, 0.05) is 44.1 Å². The van der Waals surface area contributed by atoms with Gasteiger partial charge >= 0.3 is 0 Å². The Kier molecular flexibility index (Phi) is 3.94. The minimum atomic E-state index is 0.225. The number of nitrogens with zero attached hydrogens (tertiary/aromatic N) is 2. The Balaban J connectivity index is 1.99. The first kappa shape index (κ1) is 14.7. The molecule has 0 fully saturated rings. The van der Waals surface area contributed by atoms with Gasteiger partial charge in [-0.1, -0.05) is 12.1 Å². The largest absolute Gasteiger partial charge is 0.497 e. The normalized spacial score (nSPS) is 16.5. The molecule has 116 valence electrons. The standard InChI is InChI=1S/C18H23N3O/c1-20(2)17-6-4-5-15-16(17)12-21(18(15)11-19)13-7-9-14(22-3)10-8-13/h4-10,18H,11-12,19H2,1-3H3. The Bertz CT molecular complexity index is 652. The minimum Gasteiger partial charge on any atom is -0.497 e. The van der Waals surface area contributed by atoms with Crippen molar-refractivity contribution < 1.29 is 4.74 Å². The topological polar surface area (TPSA) is 41.7 Å². The van der Waals surface area contributed by atoms with Crippen LogP contribution in [-0.2, 0) is 6.54 Å². The van der Waals surface area contributed by atoms with Crippen molar-refractivity contribution >= 4 is 11.4 Å².